The lowest BCUT2D eigenvalue weighted by Gasteiger charge is -2.09. The fraction of sp³-hybridized carbons (Fsp3) is 0.0588. The molecule has 0 saturated carbocycles. The number of rotatable bonds is 6. The normalized spacial score (nSPS) is 10.5. The van der Waals surface area contributed by atoms with E-state index in [4.69, 9.17) is 4.74 Å². The van der Waals surface area contributed by atoms with E-state index in [0.29, 0.717) is 20.4 Å². The van der Waals surface area contributed by atoms with Gasteiger partial charge in [-0.05, 0) is 62.2 Å². The highest BCUT2D eigenvalue weighted by atomic mass is 79.9. The van der Waals surface area contributed by atoms with Crippen molar-refractivity contribution in [2.75, 3.05) is 5.32 Å². The highest BCUT2D eigenvalue weighted by Gasteiger charge is 2.18. The first kappa shape index (κ1) is 20.5. The van der Waals surface area contributed by atoms with Crippen LogP contribution in [0.5, 0.6) is 5.75 Å². The number of anilines is 1. The fourth-order valence-electron chi connectivity index (χ4n) is 2.19. The molecule has 1 amide bonds. The average molecular weight is 575 g/mol. The molecule has 144 valence electrons. The summed E-state index contributed by atoms with van der Waals surface area (Å²) in [5.74, 6) is 0.209. The number of aromatic nitrogens is 2. The molecule has 0 unspecified atom stereocenters. The summed E-state index contributed by atoms with van der Waals surface area (Å²) in [6.07, 6.45) is 1.62. The Balaban J connectivity index is 1.67. The molecule has 0 fully saturated rings. The number of benzene rings is 2. The Bertz CT molecular complexity index is 1010. The molecular formula is C17H11Br3N4O4. The molecule has 0 saturated heterocycles. The van der Waals surface area contributed by atoms with Gasteiger partial charge in [0.25, 0.3) is 11.6 Å². The summed E-state index contributed by atoms with van der Waals surface area (Å²) >= 11 is 9.81. The lowest BCUT2D eigenvalue weighted by Crippen LogP contribution is -2.15. The maximum atomic E-state index is 12.5. The number of hydrogen-bond donors (Lipinski definition) is 1. The van der Waals surface area contributed by atoms with Crippen LogP contribution in [0.2, 0.25) is 0 Å². The van der Waals surface area contributed by atoms with Crippen LogP contribution in [0.3, 0.4) is 0 Å². The van der Waals surface area contributed by atoms with E-state index in [9.17, 15) is 14.9 Å². The van der Waals surface area contributed by atoms with E-state index < -0.39 is 10.8 Å². The Hall–Kier alpha value is -2.24. The molecular weight excluding hydrogens is 564 g/mol. The lowest BCUT2D eigenvalue weighted by atomic mass is 10.2. The number of halogens is 3. The number of amides is 1. The third-order valence-electron chi connectivity index (χ3n) is 3.53. The summed E-state index contributed by atoms with van der Waals surface area (Å²) in [7, 11) is 0. The number of nitrogens with zero attached hydrogens (tertiary/aromatic N) is 3. The smallest absolute Gasteiger partial charge is 0.276 e. The number of nitrogens with one attached hydrogen (secondary N) is 1. The van der Waals surface area contributed by atoms with Crippen molar-refractivity contribution < 1.29 is 14.5 Å². The van der Waals surface area contributed by atoms with Crippen molar-refractivity contribution in [2.24, 2.45) is 0 Å². The van der Waals surface area contributed by atoms with Crippen LogP contribution in [0.1, 0.15) is 10.5 Å². The van der Waals surface area contributed by atoms with Crippen LogP contribution in [-0.2, 0) is 6.73 Å². The molecule has 11 heteroatoms. The van der Waals surface area contributed by atoms with Gasteiger partial charge in [-0.3, -0.25) is 14.9 Å². The predicted octanol–water partition coefficient (Wildman–Crippen LogP) is 5.37. The molecule has 3 rings (SSSR count). The molecule has 0 radical (unpaired) electrons. The first-order valence-electron chi connectivity index (χ1n) is 7.70. The number of ether oxygens (including phenoxy) is 1. The van der Waals surface area contributed by atoms with Crippen LogP contribution >= 0.6 is 47.8 Å². The van der Waals surface area contributed by atoms with E-state index in [0.717, 1.165) is 4.47 Å². The minimum atomic E-state index is -0.520. The van der Waals surface area contributed by atoms with Crippen LogP contribution in [0.15, 0.2) is 62.1 Å². The van der Waals surface area contributed by atoms with Crippen LogP contribution in [-0.4, -0.2) is 20.6 Å². The van der Waals surface area contributed by atoms with Crippen molar-refractivity contribution in [3.05, 3.63) is 77.9 Å². The van der Waals surface area contributed by atoms with Gasteiger partial charge >= 0.3 is 0 Å². The van der Waals surface area contributed by atoms with E-state index in [2.05, 4.69) is 58.2 Å². The van der Waals surface area contributed by atoms with Gasteiger partial charge in [-0.25, -0.2) is 4.68 Å². The van der Waals surface area contributed by atoms with Crippen molar-refractivity contribution in [1.82, 2.24) is 9.78 Å². The molecule has 0 spiro atoms. The third kappa shape index (κ3) is 4.97. The SMILES string of the molecule is O=C(Nc1c(Br)cc([N+](=O)[O-])cc1Br)c1ccn(COc2ccc(Br)cc2)n1. The summed E-state index contributed by atoms with van der Waals surface area (Å²) in [6.45, 7) is 0.139. The zero-order valence-corrected chi connectivity index (χ0v) is 18.7. The Labute approximate surface area is 184 Å². The van der Waals surface area contributed by atoms with Crippen LogP contribution in [0.25, 0.3) is 0 Å². The summed E-state index contributed by atoms with van der Waals surface area (Å²) in [5, 5.41) is 17.7. The Morgan fingerprint density at radius 3 is 2.39 bits per heavy atom. The Morgan fingerprint density at radius 1 is 1.14 bits per heavy atom. The summed E-state index contributed by atoms with van der Waals surface area (Å²) in [5.41, 5.74) is 0.443. The number of nitro benzene ring substituents is 1. The second kappa shape index (κ2) is 8.84. The van der Waals surface area contributed by atoms with Crippen molar-refractivity contribution in [3.63, 3.8) is 0 Å². The molecule has 1 aromatic heterocycles. The molecule has 0 bridgehead atoms. The molecule has 0 aliphatic carbocycles. The van der Waals surface area contributed by atoms with E-state index in [1.165, 1.54) is 16.8 Å². The lowest BCUT2D eigenvalue weighted by molar-refractivity contribution is -0.385. The highest BCUT2D eigenvalue weighted by Crippen LogP contribution is 2.35. The van der Waals surface area contributed by atoms with Gasteiger partial charge in [-0.1, -0.05) is 15.9 Å². The molecule has 2 aromatic carbocycles. The van der Waals surface area contributed by atoms with Crippen molar-refractivity contribution in [3.8, 4) is 5.75 Å². The van der Waals surface area contributed by atoms with E-state index in [1.807, 2.05) is 24.3 Å². The summed E-state index contributed by atoms with van der Waals surface area (Å²) < 4.78 is 8.78. The van der Waals surface area contributed by atoms with Gasteiger partial charge in [0.1, 0.15) is 5.75 Å². The zero-order valence-electron chi connectivity index (χ0n) is 13.9. The average Bonchev–Trinajstić information content (AvgIpc) is 3.13. The first-order valence-corrected chi connectivity index (χ1v) is 10.1. The Morgan fingerprint density at radius 2 is 1.79 bits per heavy atom. The predicted molar refractivity (Wildman–Crippen MR) is 113 cm³/mol. The van der Waals surface area contributed by atoms with E-state index >= 15 is 0 Å². The maximum absolute atomic E-state index is 12.5. The van der Waals surface area contributed by atoms with Gasteiger partial charge < -0.3 is 10.1 Å². The van der Waals surface area contributed by atoms with E-state index in [-0.39, 0.29) is 18.1 Å². The van der Waals surface area contributed by atoms with Gasteiger partial charge in [-0.15, -0.1) is 0 Å². The quantitative estimate of drug-likeness (QED) is 0.315. The van der Waals surface area contributed by atoms with Gasteiger partial charge in [0.05, 0.1) is 10.6 Å². The second-order valence-electron chi connectivity index (χ2n) is 5.46. The standard InChI is InChI=1S/C17H11Br3N4O4/c18-10-1-3-12(4-2-10)28-9-23-6-5-15(22-23)17(25)21-16-13(19)7-11(24(26)27)8-14(16)20/h1-8H,9H2,(H,21,25). The monoisotopic (exact) mass is 572 g/mol. The number of carbonyl (C=O) groups is 1. The largest absolute Gasteiger partial charge is 0.471 e. The molecule has 0 aliphatic rings. The van der Waals surface area contributed by atoms with Gasteiger partial charge in [0.15, 0.2) is 12.4 Å². The third-order valence-corrected chi connectivity index (χ3v) is 5.31. The minimum absolute atomic E-state index is 0.105. The van der Waals surface area contributed by atoms with Crippen molar-refractivity contribution >= 4 is 65.1 Å². The second-order valence-corrected chi connectivity index (χ2v) is 8.09. The first-order chi connectivity index (χ1) is 13.3. The van der Waals surface area contributed by atoms with Gasteiger partial charge in [-0.2, -0.15) is 5.10 Å². The molecule has 1 N–H and O–H groups in total. The Kier molecular flexibility index (Phi) is 6.47. The van der Waals surface area contributed by atoms with Gasteiger partial charge in [0, 0.05) is 31.7 Å². The molecule has 1 heterocycles. The number of carbonyl (C=O) groups excluding carboxylic acids is 1. The molecule has 0 aliphatic heterocycles. The van der Waals surface area contributed by atoms with Crippen molar-refractivity contribution in [2.45, 2.75) is 6.73 Å². The number of hydrogen-bond acceptors (Lipinski definition) is 5. The number of non-ortho nitro benzene ring substituents is 1. The molecule has 0 atom stereocenters. The minimum Gasteiger partial charge on any atom is -0.471 e. The van der Waals surface area contributed by atoms with E-state index in [1.54, 1.807) is 12.3 Å². The molecule has 3 aromatic rings. The topological polar surface area (TPSA) is 99.3 Å². The highest BCUT2D eigenvalue weighted by molar-refractivity contribution is 9.11. The maximum Gasteiger partial charge on any atom is 0.276 e. The fourth-order valence-corrected chi connectivity index (χ4v) is 3.81. The summed E-state index contributed by atoms with van der Waals surface area (Å²) in [6, 6.07) is 11.5. The number of nitro groups is 1. The van der Waals surface area contributed by atoms with Crippen LogP contribution in [0, 0.1) is 10.1 Å². The summed E-state index contributed by atoms with van der Waals surface area (Å²) in [4.78, 5) is 22.8. The zero-order chi connectivity index (χ0) is 20.3. The van der Waals surface area contributed by atoms with Crippen molar-refractivity contribution in [1.29, 1.82) is 0 Å². The van der Waals surface area contributed by atoms with Crippen LogP contribution in [0.4, 0.5) is 11.4 Å². The molecule has 8 nitrogen and oxygen atoms in total. The van der Waals surface area contributed by atoms with Gasteiger partial charge in [0.2, 0.25) is 0 Å². The molecule has 28 heavy (non-hydrogen) atoms. The van der Waals surface area contributed by atoms with Crippen LogP contribution < -0.4 is 10.1 Å².